The highest BCUT2D eigenvalue weighted by Gasteiger charge is 2.50. The van der Waals surface area contributed by atoms with Crippen molar-refractivity contribution in [3.63, 3.8) is 0 Å². The van der Waals surface area contributed by atoms with E-state index in [0.717, 1.165) is 6.42 Å². The van der Waals surface area contributed by atoms with Gasteiger partial charge in [-0.25, -0.2) is 0 Å². The van der Waals surface area contributed by atoms with Crippen LogP contribution in [0.3, 0.4) is 0 Å². The van der Waals surface area contributed by atoms with Crippen LogP contribution in [0.1, 0.15) is 6.42 Å². The zero-order chi connectivity index (χ0) is 9.00. The lowest BCUT2D eigenvalue weighted by Gasteiger charge is -2.36. The van der Waals surface area contributed by atoms with Gasteiger partial charge in [0.25, 0.3) is 0 Å². The molecule has 0 aromatic rings. The molecule has 2 heteroatoms. The smallest absolute Gasteiger partial charge is 0.0759 e. The predicted molar refractivity (Wildman–Crippen MR) is 48.9 cm³/mol. The third-order valence-corrected chi connectivity index (χ3v) is 3.88. The highest BCUT2D eigenvalue weighted by atomic mass is 16.3. The molecule has 6 atom stereocenters. The molecule has 0 heterocycles. The lowest BCUT2D eigenvalue weighted by molar-refractivity contribution is 0.0277. The fraction of sp³-hybridized carbons (Fsp3) is 0.636. The lowest BCUT2D eigenvalue weighted by atomic mass is 9.73. The molecule has 1 saturated carbocycles. The molecule has 0 radical (unpaired) electrons. The Morgan fingerprint density at radius 3 is 1.69 bits per heavy atom. The summed E-state index contributed by atoms with van der Waals surface area (Å²) in [6, 6.07) is 0. The minimum atomic E-state index is -0.339. The summed E-state index contributed by atoms with van der Waals surface area (Å²) in [5.74, 6) is 1.55. The highest BCUT2D eigenvalue weighted by Crippen LogP contribution is 2.52. The second-order valence-electron chi connectivity index (χ2n) is 4.47. The van der Waals surface area contributed by atoms with E-state index in [4.69, 9.17) is 0 Å². The van der Waals surface area contributed by atoms with E-state index in [1.165, 1.54) is 0 Å². The van der Waals surface area contributed by atoms with E-state index >= 15 is 0 Å². The molecule has 70 valence electrons. The van der Waals surface area contributed by atoms with Crippen LogP contribution in [-0.2, 0) is 0 Å². The standard InChI is InChI=1S/C11H14O2/c12-8-3-4-9(13)11-7-2-1-6(5-7)10(8)11/h1-4,6-13H,5H2/t6?,7?,8-,9+,10-,11+. The van der Waals surface area contributed by atoms with Crippen molar-refractivity contribution >= 4 is 0 Å². The van der Waals surface area contributed by atoms with Crippen molar-refractivity contribution in [2.45, 2.75) is 18.6 Å². The van der Waals surface area contributed by atoms with Gasteiger partial charge in [-0.3, -0.25) is 0 Å². The van der Waals surface area contributed by atoms with Gasteiger partial charge >= 0.3 is 0 Å². The third kappa shape index (κ3) is 0.903. The summed E-state index contributed by atoms with van der Waals surface area (Å²) in [7, 11) is 0. The van der Waals surface area contributed by atoms with Gasteiger partial charge in [-0.15, -0.1) is 0 Å². The highest BCUT2D eigenvalue weighted by molar-refractivity contribution is 5.22. The maximum atomic E-state index is 9.79. The van der Waals surface area contributed by atoms with Gasteiger partial charge in [0.2, 0.25) is 0 Å². The molecule has 0 aromatic heterocycles. The van der Waals surface area contributed by atoms with Crippen molar-refractivity contribution in [2.24, 2.45) is 23.7 Å². The summed E-state index contributed by atoms with van der Waals surface area (Å²) in [6.07, 6.45) is 8.37. The molecule has 0 amide bonds. The Hall–Kier alpha value is -0.600. The first kappa shape index (κ1) is 7.77. The van der Waals surface area contributed by atoms with Crippen molar-refractivity contribution in [3.8, 4) is 0 Å². The van der Waals surface area contributed by atoms with Crippen molar-refractivity contribution < 1.29 is 10.2 Å². The Bertz CT molecular complexity index is 256. The van der Waals surface area contributed by atoms with Gasteiger partial charge in [0.1, 0.15) is 0 Å². The monoisotopic (exact) mass is 178 g/mol. The SMILES string of the molecule is O[C@@H]1C=C[C@H](O)[C@@H]2C3C=CC(C3)[C@@H]21. The molecule has 1 fully saturated rings. The lowest BCUT2D eigenvalue weighted by Crippen LogP contribution is -2.39. The van der Waals surface area contributed by atoms with Crippen LogP contribution in [0.4, 0.5) is 0 Å². The van der Waals surface area contributed by atoms with Gasteiger partial charge in [0, 0.05) is 11.8 Å². The van der Waals surface area contributed by atoms with E-state index in [1.54, 1.807) is 12.2 Å². The molecule has 13 heavy (non-hydrogen) atoms. The number of aliphatic hydroxyl groups is 2. The fourth-order valence-corrected chi connectivity index (χ4v) is 3.34. The molecule has 0 saturated heterocycles. The van der Waals surface area contributed by atoms with E-state index in [-0.39, 0.29) is 24.0 Å². The molecule has 3 aliphatic carbocycles. The minimum absolute atomic E-state index is 0.273. The Labute approximate surface area is 77.6 Å². The van der Waals surface area contributed by atoms with Crippen molar-refractivity contribution in [1.82, 2.24) is 0 Å². The summed E-state index contributed by atoms with van der Waals surface area (Å²) in [5, 5.41) is 19.6. The minimum Gasteiger partial charge on any atom is -0.389 e. The molecule has 3 aliphatic rings. The molecule has 2 N–H and O–H groups in total. The largest absolute Gasteiger partial charge is 0.389 e. The Morgan fingerprint density at radius 2 is 1.23 bits per heavy atom. The zero-order valence-electron chi connectivity index (χ0n) is 7.38. The first-order valence-electron chi connectivity index (χ1n) is 5.00. The second-order valence-corrected chi connectivity index (χ2v) is 4.47. The summed E-state index contributed by atoms with van der Waals surface area (Å²) < 4.78 is 0. The normalized spacial score (nSPS) is 57.1. The first-order valence-corrected chi connectivity index (χ1v) is 5.00. The second kappa shape index (κ2) is 2.46. The topological polar surface area (TPSA) is 40.5 Å². The van der Waals surface area contributed by atoms with Crippen LogP contribution in [-0.4, -0.2) is 22.4 Å². The molecule has 2 bridgehead atoms. The van der Waals surface area contributed by atoms with Crippen molar-refractivity contribution in [3.05, 3.63) is 24.3 Å². The Balaban J connectivity index is 2.00. The molecule has 2 nitrogen and oxygen atoms in total. The summed E-state index contributed by atoms with van der Waals surface area (Å²) in [6.45, 7) is 0. The van der Waals surface area contributed by atoms with Gasteiger partial charge in [-0.1, -0.05) is 24.3 Å². The average molecular weight is 178 g/mol. The van der Waals surface area contributed by atoms with Crippen LogP contribution in [0.15, 0.2) is 24.3 Å². The number of rotatable bonds is 0. The van der Waals surface area contributed by atoms with E-state index in [9.17, 15) is 10.2 Å². The first-order chi connectivity index (χ1) is 6.27. The molecule has 2 unspecified atom stereocenters. The summed E-state index contributed by atoms with van der Waals surface area (Å²) in [4.78, 5) is 0. The van der Waals surface area contributed by atoms with Gasteiger partial charge in [-0.05, 0) is 18.3 Å². The quantitative estimate of drug-likeness (QED) is 0.536. The molecule has 0 aliphatic heterocycles. The maximum Gasteiger partial charge on any atom is 0.0759 e. The fourth-order valence-electron chi connectivity index (χ4n) is 3.34. The van der Waals surface area contributed by atoms with Crippen LogP contribution in [0.25, 0.3) is 0 Å². The van der Waals surface area contributed by atoms with Crippen molar-refractivity contribution in [1.29, 1.82) is 0 Å². The van der Waals surface area contributed by atoms with Crippen LogP contribution >= 0.6 is 0 Å². The van der Waals surface area contributed by atoms with E-state index in [2.05, 4.69) is 12.2 Å². The van der Waals surface area contributed by atoms with Crippen LogP contribution in [0.5, 0.6) is 0 Å². The van der Waals surface area contributed by atoms with Gasteiger partial charge < -0.3 is 10.2 Å². The van der Waals surface area contributed by atoms with Crippen molar-refractivity contribution in [2.75, 3.05) is 0 Å². The summed E-state index contributed by atoms with van der Waals surface area (Å²) >= 11 is 0. The van der Waals surface area contributed by atoms with Crippen LogP contribution < -0.4 is 0 Å². The number of hydrogen-bond donors (Lipinski definition) is 2. The molecule has 0 aromatic carbocycles. The average Bonchev–Trinajstić information content (AvgIpc) is 2.70. The number of fused-ring (bicyclic) bond motifs is 5. The molecular formula is C11H14O2. The van der Waals surface area contributed by atoms with Crippen LogP contribution in [0.2, 0.25) is 0 Å². The number of aliphatic hydroxyl groups excluding tert-OH is 2. The van der Waals surface area contributed by atoms with Gasteiger partial charge in [0.05, 0.1) is 12.2 Å². The van der Waals surface area contributed by atoms with Gasteiger partial charge in [-0.2, -0.15) is 0 Å². The molecule has 0 spiro atoms. The predicted octanol–water partition coefficient (Wildman–Crippen LogP) is 0.716. The Morgan fingerprint density at radius 1 is 0.769 bits per heavy atom. The molecule has 3 rings (SSSR count). The van der Waals surface area contributed by atoms with E-state index in [1.807, 2.05) is 0 Å². The van der Waals surface area contributed by atoms with E-state index < -0.39 is 0 Å². The Kier molecular flexibility index (Phi) is 1.47. The number of hydrogen-bond acceptors (Lipinski definition) is 2. The van der Waals surface area contributed by atoms with E-state index in [0.29, 0.717) is 11.8 Å². The summed E-state index contributed by atoms with van der Waals surface area (Å²) in [5.41, 5.74) is 0. The maximum absolute atomic E-state index is 9.79. The van der Waals surface area contributed by atoms with Gasteiger partial charge in [0.15, 0.2) is 0 Å². The number of allylic oxidation sites excluding steroid dienone is 2. The van der Waals surface area contributed by atoms with Crippen LogP contribution in [0, 0.1) is 23.7 Å². The zero-order valence-corrected chi connectivity index (χ0v) is 7.38. The third-order valence-electron chi connectivity index (χ3n) is 3.88. The molecular weight excluding hydrogens is 164 g/mol.